The van der Waals surface area contributed by atoms with Crippen LogP contribution >= 0.6 is 0 Å². The van der Waals surface area contributed by atoms with Crippen LogP contribution in [-0.2, 0) is 9.53 Å². The number of carbonyl (C=O) groups is 1. The molecular weight excluding hydrogens is 206 g/mol. The van der Waals surface area contributed by atoms with Crippen LogP contribution in [-0.4, -0.2) is 29.6 Å². The van der Waals surface area contributed by atoms with Gasteiger partial charge in [0.05, 0.1) is 6.04 Å². The molecule has 0 fully saturated rings. The molecule has 0 bridgehead atoms. The number of nitrogens with zero attached hydrogens (tertiary/aromatic N) is 1. The predicted molar refractivity (Wildman–Crippen MR) is 60.9 cm³/mol. The first-order valence-electron chi connectivity index (χ1n) is 5.55. The number of H-pyrrole nitrogens is 1. The van der Waals surface area contributed by atoms with Crippen LogP contribution in [0.15, 0.2) is 12.4 Å². The lowest BCUT2D eigenvalue weighted by Crippen LogP contribution is -2.28. The van der Waals surface area contributed by atoms with E-state index in [1.807, 2.05) is 6.92 Å². The molecule has 0 saturated heterocycles. The van der Waals surface area contributed by atoms with E-state index in [0.29, 0.717) is 13.0 Å². The van der Waals surface area contributed by atoms with E-state index in [2.05, 4.69) is 15.3 Å². The highest BCUT2D eigenvalue weighted by Gasteiger charge is 2.13. The van der Waals surface area contributed by atoms with Crippen LogP contribution < -0.4 is 5.32 Å². The number of rotatable bonds is 7. The average molecular weight is 225 g/mol. The number of hydrogen-bond donors (Lipinski definition) is 2. The Morgan fingerprint density at radius 1 is 1.69 bits per heavy atom. The van der Waals surface area contributed by atoms with Crippen molar-refractivity contribution in [1.29, 1.82) is 0 Å². The number of amides is 1. The fourth-order valence-corrected chi connectivity index (χ4v) is 1.48. The zero-order valence-electron chi connectivity index (χ0n) is 9.82. The SMILES string of the molecule is CCC(NC(=O)CCCOC)c1ncc[nH]1. The lowest BCUT2D eigenvalue weighted by Gasteiger charge is -2.14. The number of ether oxygens (including phenoxy) is 1. The molecule has 0 aliphatic heterocycles. The molecule has 1 heterocycles. The molecule has 0 aliphatic rings. The highest BCUT2D eigenvalue weighted by molar-refractivity contribution is 5.76. The summed E-state index contributed by atoms with van der Waals surface area (Å²) in [5.74, 6) is 0.850. The van der Waals surface area contributed by atoms with Gasteiger partial charge in [0.2, 0.25) is 5.91 Å². The van der Waals surface area contributed by atoms with Gasteiger partial charge in [0.1, 0.15) is 5.82 Å². The van der Waals surface area contributed by atoms with Gasteiger partial charge in [-0.1, -0.05) is 6.92 Å². The van der Waals surface area contributed by atoms with Gasteiger partial charge in [-0.05, 0) is 12.8 Å². The van der Waals surface area contributed by atoms with Crippen LogP contribution in [0, 0.1) is 0 Å². The van der Waals surface area contributed by atoms with Crippen LogP contribution in [0.5, 0.6) is 0 Å². The van der Waals surface area contributed by atoms with Crippen LogP contribution in [0.4, 0.5) is 0 Å². The van der Waals surface area contributed by atoms with Crippen molar-refractivity contribution < 1.29 is 9.53 Å². The van der Waals surface area contributed by atoms with Gasteiger partial charge in [-0.2, -0.15) is 0 Å². The number of methoxy groups -OCH3 is 1. The van der Waals surface area contributed by atoms with Gasteiger partial charge in [0.25, 0.3) is 0 Å². The number of imidazole rings is 1. The number of aromatic amines is 1. The van der Waals surface area contributed by atoms with Crippen molar-refractivity contribution in [3.63, 3.8) is 0 Å². The number of hydrogen-bond acceptors (Lipinski definition) is 3. The third-order valence-electron chi connectivity index (χ3n) is 2.35. The molecule has 0 spiro atoms. The quantitative estimate of drug-likeness (QED) is 0.689. The molecule has 2 N–H and O–H groups in total. The van der Waals surface area contributed by atoms with Gasteiger partial charge in [-0.15, -0.1) is 0 Å². The molecule has 0 aromatic carbocycles. The molecule has 1 aromatic heterocycles. The maximum atomic E-state index is 11.6. The largest absolute Gasteiger partial charge is 0.385 e. The zero-order valence-corrected chi connectivity index (χ0v) is 9.82. The third kappa shape index (κ3) is 4.02. The Bertz CT molecular complexity index is 298. The summed E-state index contributed by atoms with van der Waals surface area (Å²) >= 11 is 0. The van der Waals surface area contributed by atoms with Crippen LogP contribution in [0.2, 0.25) is 0 Å². The summed E-state index contributed by atoms with van der Waals surface area (Å²) in [5.41, 5.74) is 0. The standard InChI is InChI=1S/C11H19N3O2/c1-3-9(11-12-6-7-13-11)14-10(15)5-4-8-16-2/h6-7,9H,3-5,8H2,1-2H3,(H,12,13)(H,14,15). The molecule has 5 nitrogen and oxygen atoms in total. The third-order valence-corrected chi connectivity index (χ3v) is 2.35. The van der Waals surface area contributed by atoms with E-state index in [9.17, 15) is 4.79 Å². The topological polar surface area (TPSA) is 67.0 Å². The Labute approximate surface area is 95.6 Å². The Hall–Kier alpha value is -1.36. The number of aromatic nitrogens is 2. The maximum Gasteiger partial charge on any atom is 0.220 e. The minimum Gasteiger partial charge on any atom is -0.385 e. The van der Waals surface area contributed by atoms with E-state index < -0.39 is 0 Å². The zero-order chi connectivity index (χ0) is 11.8. The van der Waals surface area contributed by atoms with E-state index in [4.69, 9.17) is 4.74 Å². The lowest BCUT2D eigenvalue weighted by molar-refractivity contribution is -0.122. The molecule has 1 amide bonds. The normalized spacial score (nSPS) is 12.4. The second-order valence-corrected chi connectivity index (χ2v) is 3.60. The molecule has 0 aliphatic carbocycles. The van der Waals surface area contributed by atoms with Crippen molar-refractivity contribution in [1.82, 2.24) is 15.3 Å². The lowest BCUT2D eigenvalue weighted by atomic mass is 10.2. The minimum atomic E-state index is -0.0231. The molecule has 1 atom stereocenters. The number of carbonyl (C=O) groups excluding carboxylic acids is 1. The van der Waals surface area contributed by atoms with Gasteiger partial charge >= 0.3 is 0 Å². The predicted octanol–water partition coefficient (Wildman–Crippen LogP) is 1.40. The van der Waals surface area contributed by atoms with Gasteiger partial charge in [-0.25, -0.2) is 4.98 Å². The summed E-state index contributed by atoms with van der Waals surface area (Å²) in [6.07, 6.45) is 5.51. The second-order valence-electron chi connectivity index (χ2n) is 3.60. The van der Waals surface area contributed by atoms with Crippen molar-refractivity contribution in [2.75, 3.05) is 13.7 Å². The van der Waals surface area contributed by atoms with E-state index in [-0.39, 0.29) is 11.9 Å². The highest BCUT2D eigenvalue weighted by Crippen LogP contribution is 2.11. The van der Waals surface area contributed by atoms with Crippen molar-refractivity contribution in [3.8, 4) is 0 Å². The summed E-state index contributed by atoms with van der Waals surface area (Å²) in [4.78, 5) is 18.7. The molecule has 1 rings (SSSR count). The summed E-state index contributed by atoms with van der Waals surface area (Å²) in [6, 6.07) is -0.0231. The van der Waals surface area contributed by atoms with Crippen molar-refractivity contribution in [2.45, 2.75) is 32.2 Å². The monoisotopic (exact) mass is 225 g/mol. The van der Waals surface area contributed by atoms with Crippen molar-refractivity contribution in [2.24, 2.45) is 0 Å². The smallest absolute Gasteiger partial charge is 0.220 e. The van der Waals surface area contributed by atoms with Gasteiger partial charge in [0.15, 0.2) is 0 Å². The van der Waals surface area contributed by atoms with Gasteiger partial charge < -0.3 is 15.0 Å². The maximum absolute atomic E-state index is 11.6. The number of nitrogens with one attached hydrogen (secondary N) is 2. The molecule has 1 unspecified atom stereocenters. The van der Waals surface area contributed by atoms with Gasteiger partial charge in [0, 0.05) is 32.5 Å². The molecule has 0 saturated carbocycles. The van der Waals surface area contributed by atoms with Gasteiger partial charge in [-0.3, -0.25) is 4.79 Å². The Morgan fingerprint density at radius 2 is 2.50 bits per heavy atom. The first kappa shape index (κ1) is 12.7. The van der Waals surface area contributed by atoms with Crippen LogP contribution in [0.1, 0.15) is 38.1 Å². The summed E-state index contributed by atoms with van der Waals surface area (Å²) in [6.45, 7) is 2.63. The fourth-order valence-electron chi connectivity index (χ4n) is 1.48. The molecular formula is C11H19N3O2. The molecule has 16 heavy (non-hydrogen) atoms. The first-order chi connectivity index (χ1) is 7.77. The summed E-state index contributed by atoms with van der Waals surface area (Å²) < 4.78 is 4.90. The molecule has 90 valence electrons. The molecule has 0 radical (unpaired) electrons. The Balaban J connectivity index is 2.36. The van der Waals surface area contributed by atoms with E-state index >= 15 is 0 Å². The van der Waals surface area contributed by atoms with E-state index in [1.54, 1.807) is 19.5 Å². The Morgan fingerprint density at radius 3 is 3.06 bits per heavy atom. The minimum absolute atomic E-state index is 0.0231. The van der Waals surface area contributed by atoms with Crippen LogP contribution in [0.3, 0.4) is 0 Å². The first-order valence-corrected chi connectivity index (χ1v) is 5.55. The van der Waals surface area contributed by atoms with E-state index in [1.165, 1.54) is 0 Å². The Kier molecular flexibility index (Phi) is 5.56. The molecule has 1 aromatic rings. The molecule has 5 heteroatoms. The average Bonchev–Trinajstić information content (AvgIpc) is 2.79. The van der Waals surface area contributed by atoms with Crippen molar-refractivity contribution in [3.05, 3.63) is 18.2 Å². The summed E-state index contributed by atoms with van der Waals surface area (Å²) in [7, 11) is 1.63. The second kappa shape index (κ2) is 7.00. The van der Waals surface area contributed by atoms with Crippen molar-refractivity contribution >= 4 is 5.91 Å². The van der Waals surface area contributed by atoms with E-state index in [0.717, 1.165) is 18.7 Å². The highest BCUT2D eigenvalue weighted by atomic mass is 16.5. The summed E-state index contributed by atoms with van der Waals surface area (Å²) in [5, 5.41) is 2.94. The van der Waals surface area contributed by atoms with Crippen LogP contribution in [0.25, 0.3) is 0 Å². The fraction of sp³-hybridized carbons (Fsp3) is 0.636.